The summed E-state index contributed by atoms with van der Waals surface area (Å²) in [6, 6.07) is 3.09. The second-order valence-corrected chi connectivity index (χ2v) is 7.20. The Balaban J connectivity index is 2.42. The summed E-state index contributed by atoms with van der Waals surface area (Å²) in [6.45, 7) is 3.68. The zero-order chi connectivity index (χ0) is 17.2. The smallest absolute Gasteiger partial charge is 0.338 e. The lowest BCUT2D eigenvalue weighted by atomic mass is 10.1. The molecule has 1 saturated heterocycles. The Hall–Kier alpha value is -1.93. The van der Waals surface area contributed by atoms with E-state index in [0.29, 0.717) is 12.0 Å². The molecule has 0 unspecified atom stereocenters. The summed E-state index contributed by atoms with van der Waals surface area (Å²) in [4.78, 5) is 23.0. The van der Waals surface area contributed by atoms with Crippen LogP contribution >= 0.6 is 0 Å². The molecule has 126 valence electrons. The van der Waals surface area contributed by atoms with Crippen LogP contribution in [0.1, 0.15) is 35.7 Å². The molecule has 1 aliphatic rings. The molecule has 23 heavy (non-hydrogen) atoms. The van der Waals surface area contributed by atoms with Crippen LogP contribution < -0.4 is 0 Å². The Morgan fingerprint density at radius 2 is 2.09 bits per heavy atom. The Kier molecular flexibility index (Phi) is 5.06. The van der Waals surface area contributed by atoms with E-state index in [2.05, 4.69) is 0 Å². The minimum absolute atomic E-state index is 0.0979. The molecule has 0 aliphatic carbocycles. The molecule has 2 rings (SSSR count). The molecule has 1 aliphatic heterocycles. The van der Waals surface area contributed by atoms with Gasteiger partial charge in [-0.2, -0.15) is 4.31 Å². The molecule has 0 bridgehead atoms. The molecular weight excluding hydrogens is 322 g/mol. The quantitative estimate of drug-likeness (QED) is 0.813. The van der Waals surface area contributed by atoms with Gasteiger partial charge in [0, 0.05) is 6.54 Å². The third kappa shape index (κ3) is 3.37. The largest absolute Gasteiger partial charge is 0.480 e. The third-order valence-corrected chi connectivity index (χ3v) is 5.70. The van der Waals surface area contributed by atoms with E-state index in [4.69, 9.17) is 4.74 Å². The number of aliphatic carboxylic acids is 1. The summed E-state index contributed by atoms with van der Waals surface area (Å²) in [7, 11) is -3.98. The SMILES string of the molecule is CCOC(=O)c1cc(S(=O)(=O)N2CCC[C@H]2C(=O)O)ccc1C. The molecule has 1 atom stereocenters. The van der Waals surface area contributed by atoms with Gasteiger partial charge in [0.2, 0.25) is 10.0 Å². The molecule has 1 heterocycles. The van der Waals surface area contributed by atoms with Gasteiger partial charge in [-0.3, -0.25) is 4.79 Å². The van der Waals surface area contributed by atoms with E-state index in [-0.39, 0.29) is 30.0 Å². The molecule has 1 aromatic carbocycles. The molecule has 1 fully saturated rings. The van der Waals surface area contributed by atoms with Crippen LogP contribution in [0.2, 0.25) is 0 Å². The van der Waals surface area contributed by atoms with Crippen molar-refractivity contribution >= 4 is 22.0 Å². The third-order valence-electron chi connectivity index (χ3n) is 3.80. The molecule has 0 amide bonds. The van der Waals surface area contributed by atoms with E-state index >= 15 is 0 Å². The highest BCUT2D eigenvalue weighted by Gasteiger charge is 2.39. The average molecular weight is 341 g/mol. The number of rotatable bonds is 5. The van der Waals surface area contributed by atoms with Gasteiger partial charge in [0.1, 0.15) is 6.04 Å². The molecule has 1 aromatic rings. The molecule has 7 nitrogen and oxygen atoms in total. The monoisotopic (exact) mass is 341 g/mol. The van der Waals surface area contributed by atoms with Gasteiger partial charge in [0.15, 0.2) is 0 Å². The number of carbonyl (C=O) groups is 2. The Labute approximate surface area is 134 Å². The van der Waals surface area contributed by atoms with Crippen LogP contribution in [0.3, 0.4) is 0 Å². The minimum Gasteiger partial charge on any atom is -0.480 e. The fraction of sp³-hybridized carbons (Fsp3) is 0.467. The Morgan fingerprint density at radius 3 is 2.70 bits per heavy atom. The Bertz CT molecular complexity index is 727. The number of ether oxygens (including phenoxy) is 1. The predicted octanol–water partition coefficient (Wildman–Crippen LogP) is 1.41. The average Bonchev–Trinajstić information content (AvgIpc) is 2.98. The van der Waals surface area contributed by atoms with E-state index in [9.17, 15) is 23.1 Å². The highest BCUT2D eigenvalue weighted by molar-refractivity contribution is 7.89. The van der Waals surface area contributed by atoms with E-state index in [1.54, 1.807) is 13.8 Å². The molecule has 0 aromatic heterocycles. The summed E-state index contributed by atoms with van der Waals surface area (Å²) in [5.74, 6) is -1.76. The van der Waals surface area contributed by atoms with Crippen molar-refractivity contribution in [2.45, 2.75) is 37.6 Å². The fourth-order valence-electron chi connectivity index (χ4n) is 2.60. The first-order valence-electron chi connectivity index (χ1n) is 7.31. The summed E-state index contributed by atoms with van der Waals surface area (Å²) < 4.78 is 31.3. The van der Waals surface area contributed by atoms with E-state index < -0.39 is 28.0 Å². The van der Waals surface area contributed by atoms with Crippen LogP contribution in [0.15, 0.2) is 23.1 Å². The number of esters is 1. The number of carboxylic acid groups (broad SMARTS) is 1. The van der Waals surface area contributed by atoms with Crippen molar-refractivity contribution in [3.05, 3.63) is 29.3 Å². The first-order valence-corrected chi connectivity index (χ1v) is 8.75. The van der Waals surface area contributed by atoms with Crippen molar-refractivity contribution in [2.75, 3.05) is 13.2 Å². The second kappa shape index (κ2) is 6.67. The lowest BCUT2D eigenvalue weighted by Crippen LogP contribution is -2.40. The van der Waals surface area contributed by atoms with Crippen LogP contribution in [-0.2, 0) is 19.6 Å². The van der Waals surface area contributed by atoms with E-state index in [1.807, 2.05) is 0 Å². The van der Waals surface area contributed by atoms with Crippen LogP contribution in [0.5, 0.6) is 0 Å². The maximum atomic E-state index is 12.7. The molecule has 8 heteroatoms. The number of carbonyl (C=O) groups excluding carboxylic acids is 1. The second-order valence-electron chi connectivity index (χ2n) is 5.31. The number of hydrogen-bond acceptors (Lipinski definition) is 5. The van der Waals surface area contributed by atoms with Crippen molar-refractivity contribution < 1.29 is 27.9 Å². The van der Waals surface area contributed by atoms with Gasteiger partial charge in [-0.25, -0.2) is 13.2 Å². The van der Waals surface area contributed by atoms with E-state index in [0.717, 1.165) is 4.31 Å². The lowest BCUT2D eigenvalue weighted by Gasteiger charge is -2.21. The van der Waals surface area contributed by atoms with Crippen LogP contribution in [-0.4, -0.2) is 49.0 Å². The number of carboxylic acids is 1. The number of sulfonamides is 1. The van der Waals surface area contributed by atoms with Gasteiger partial charge < -0.3 is 9.84 Å². The van der Waals surface area contributed by atoms with Crippen molar-refractivity contribution in [1.29, 1.82) is 0 Å². The molecule has 0 spiro atoms. The predicted molar refractivity (Wildman–Crippen MR) is 81.7 cm³/mol. The number of aryl methyl sites for hydroxylation is 1. The van der Waals surface area contributed by atoms with Crippen molar-refractivity contribution in [2.24, 2.45) is 0 Å². The van der Waals surface area contributed by atoms with Crippen molar-refractivity contribution in [3.63, 3.8) is 0 Å². The van der Waals surface area contributed by atoms with Gasteiger partial charge in [-0.05, 0) is 44.4 Å². The minimum atomic E-state index is -3.98. The van der Waals surface area contributed by atoms with Crippen LogP contribution in [0.4, 0.5) is 0 Å². The lowest BCUT2D eigenvalue weighted by molar-refractivity contribution is -0.140. The van der Waals surface area contributed by atoms with Crippen molar-refractivity contribution in [3.8, 4) is 0 Å². The zero-order valence-electron chi connectivity index (χ0n) is 13.0. The number of nitrogens with zero attached hydrogens (tertiary/aromatic N) is 1. The van der Waals surface area contributed by atoms with E-state index in [1.165, 1.54) is 18.2 Å². The topological polar surface area (TPSA) is 101 Å². The van der Waals surface area contributed by atoms with Gasteiger partial charge in [0.05, 0.1) is 17.1 Å². The maximum Gasteiger partial charge on any atom is 0.338 e. The fourth-order valence-corrected chi connectivity index (χ4v) is 4.28. The highest BCUT2D eigenvalue weighted by Crippen LogP contribution is 2.27. The normalized spacial score (nSPS) is 18.8. The number of benzene rings is 1. The first kappa shape index (κ1) is 17.4. The summed E-state index contributed by atoms with van der Waals surface area (Å²) in [6.07, 6.45) is 0.776. The van der Waals surface area contributed by atoms with Gasteiger partial charge in [-0.1, -0.05) is 6.07 Å². The van der Waals surface area contributed by atoms with Gasteiger partial charge in [0.25, 0.3) is 0 Å². The summed E-state index contributed by atoms with van der Waals surface area (Å²) >= 11 is 0. The van der Waals surface area contributed by atoms with Gasteiger partial charge in [-0.15, -0.1) is 0 Å². The maximum absolute atomic E-state index is 12.7. The number of hydrogen-bond donors (Lipinski definition) is 1. The molecule has 0 radical (unpaired) electrons. The summed E-state index contributed by atoms with van der Waals surface area (Å²) in [5.41, 5.74) is 0.762. The molecule has 1 N–H and O–H groups in total. The van der Waals surface area contributed by atoms with Crippen LogP contribution in [0, 0.1) is 6.92 Å². The van der Waals surface area contributed by atoms with Crippen LogP contribution in [0.25, 0.3) is 0 Å². The molecule has 0 saturated carbocycles. The highest BCUT2D eigenvalue weighted by atomic mass is 32.2. The van der Waals surface area contributed by atoms with Crippen molar-refractivity contribution in [1.82, 2.24) is 4.31 Å². The first-order chi connectivity index (χ1) is 10.8. The standard InChI is InChI=1S/C15H19NO6S/c1-3-22-15(19)12-9-11(7-6-10(12)2)23(20,21)16-8-4-5-13(16)14(17)18/h6-7,9,13H,3-5,8H2,1-2H3,(H,17,18)/t13-/m0/s1. The summed E-state index contributed by atoms with van der Waals surface area (Å²) in [5, 5.41) is 9.17. The molecular formula is C15H19NO6S. The van der Waals surface area contributed by atoms with Gasteiger partial charge >= 0.3 is 11.9 Å². The zero-order valence-corrected chi connectivity index (χ0v) is 13.8. The Morgan fingerprint density at radius 1 is 1.39 bits per heavy atom.